The van der Waals surface area contributed by atoms with Gasteiger partial charge in [0.05, 0.1) is 6.54 Å². The van der Waals surface area contributed by atoms with Crippen molar-refractivity contribution in [1.29, 1.82) is 0 Å². The minimum absolute atomic E-state index is 0.0331. The molecule has 5 nitrogen and oxygen atoms in total. The molecule has 3 rings (SSSR count). The Morgan fingerprint density at radius 3 is 3.00 bits per heavy atom. The van der Waals surface area contributed by atoms with Gasteiger partial charge in [-0.05, 0) is 18.1 Å². The van der Waals surface area contributed by atoms with E-state index in [0.717, 1.165) is 25.2 Å². The van der Waals surface area contributed by atoms with E-state index in [1.54, 1.807) is 16.8 Å². The zero-order valence-corrected chi connectivity index (χ0v) is 12.3. The lowest BCUT2D eigenvalue weighted by Gasteiger charge is -2.21. The van der Waals surface area contributed by atoms with E-state index in [2.05, 4.69) is 11.4 Å². The highest BCUT2D eigenvalue weighted by molar-refractivity contribution is 5.85. The van der Waals surface area contributed by atoms with Gasteiger partial charge in [0.25, 0.3) is 0 Å². The molecule has 0 saturated carbocycles. The SMILES string of the molecule is CN1CCCN(C(=O)CC2CNc3ccccc32)CC1=O. The summed E-state index contributed by atoms with van der Waals surface area (Å²) in [7, 11) is 1.80. The van der Waals surface area contributed by atoms with Gasteiger partial charge in [-0.3, -0.25) is 9.59 Å². The Morgan fingerprint density at radius 2 is 2.14 bits per heavy atom. The van der Waals surface area contributed by atoms with Gasteiger partial charge in [-0.15, -0.1) is 0 Å². The first kappa shape index (κ1) is 13.9. The quantitative estimate of drug-likeness (QED) is 0.891. The fourth-order valence-electron chi connectivity index (χ4n) is 3.08. The minimum atomic E-state index is 0.0331. The summed E-state index contributed by atoms with van der Waals surface area (Å²) in [4.78, 5) is 27.8. The largest absolute Gasteiger partial charge is 0.384 e. The molecule has 0 aromatic heterocycles. The molecule has 0 radical (unpaired) electrons. The number of rotatable bonds is 2. The zero-order valence-electron chi connectivity index (χ0n) is 12.3. The number of nitrogens with zero attached hydrogens (tertiary/aromatic N) is 2. The Kier molecular flexibility index (Phi) is 3.82. The molecule has 1 saturated heterocycles. The fourth-order valence-corrected chi connectivity index (χ4v) is 3.08. The average molecular weight is 287 g/mol. The maximum atomic E-state index is 12.5. The molecular formula is C16H21N3O2. The van der Waals surface area contributed by atoms with Crippen LogP contribution in [0.4, 0.5) is 5.69 Å². The third kappa shape index (κ3) is 2.86. The number of benzene rings is 1. The summed E-state index contributed by atoms with van der Waals surface area (Å²) in [6.45, 7) is 2.43. The molecule has 1 fully saturated rings. The van der Waals surface area contributed by atoms with Gasteiger partial charge in [0.2, 0.25) is 11.8 Å². The molecule has 112 valence electrons. The van der Waals surface area contributed by atoms with Crippen LogP contribution in [-0.4, -0.2) is 54.8 Å². The third-order valence-corrected chi connectivity index (χ3v) is 4.39. The van der Waals surface area contributed by atoms with Crippen molar-refractivity contribution in [3.63, 3.8) is 0 Å². The molecule has 2 heterocycles. The normalized spacial score (nSPS) is 21.8. The van der Waals surface area contributed by atoms with Crippen LogP contribution in [0.2, 0.25) is 0 Å². The first-order chi connectivity index (χ1) is 10.1. The minimum Gasteiger partial charge on any atom is -0.384 e. The molecule has 1 aromatic rings. The van der Waals surface area contributed by atoms with Crippen molar-refractivity contribution < 1.29 is 9.59 Å². The maximum absolute atomic E-state index is 12.5. The van der Waals surface area contributed by atoms with Crippen LogP contribution in [0.1, 0.15) is 24.3 Å². The molecule has 2 aliphatic rings. The average Bonchev–Trinajstić information content (AvgIpc) is 2.80. The number of para-hydroxylation sites is 1. The van der Waals surface area contributed by atoms with E-state index in [-0.39, 0.29) is 24.3 Å². The Hall–Kier alpha value is -2.04. The van der Waals surface area contributed by atoms with Crippen molar-refractivity contribution in [1.82, 2.24) is 9.80 Å². The number of amides is 2. The van der Waals surface area contributed by atoms with Gasteiger partial charge < -0.3 is 15.1 Å². The number of hydrogen-bond acceptors (Lipinski definition) is 3. The molecule has 2 aliphatic heterocycles. The number of anilines is 1. The molecular weight excluding hydrogens is 266 g/mol. The number of nitrogens with one attached hydrogen (secondary N) is 1. The van der Waals surface area contributed by atoms with Gasteiger partial charge in [0.1, 0.15) is 0 Å². The summed E-state index contributed by atoms with van der Waals surface area (Å²) in [5.41, 5.74) is 2.34. The van der Waals surface area contributed by atoms with E-state index in [4.69, 9.17) is 0 Å². The number of hydrogen-bond donors (Lipinski definition) is 1. The van der Waals surface area contributed by atoms with Gasteiger partial charge in [-0.1, -0.05) is 18.2 Å². The zero-order chi connectivity index (χ0) is 14.8. The highest BCUT2D eigenvalue weighted by atomic mass is 16.2. The molecule has 1 unspecified atom stereocenters. The lowest BCUT2D eigenvalue weighted by Crippen LogP contribution is -2.38. The van der Waals surface area contributed by atoms with Crippen LogP contribution in [0.3, 0.4) is 0 Å². The van der Waals surface area contributed by atoms with Crippen LogP contribution in [0, 0.1) is 0 Å². The summed E-state index contributed by atoms with van der Waals surface area (Å²) in [5, 5.41) is 3.34. The van der Waals surface area contributed by atoms with Gasteiger partial charge >= 0.3 is 0 Å². The Bertz CT molecular complexity index is 558. The first-order valence-corrected chi connectivity index (χ1v) is 7.49. The number of carbonyl (C=O) groups excluding carboxylic acids is 2. The van der Waals surface area contributed by atoms with Gasteiger partial charge in [-0.2, -0.15) is 0 Å². The Labute approximate surface area is 124 Å². The third-order valence-electron chi connectivity index (χ3n) is 4.39. The molecule has 1 aromatic carbocycles. The molecule has 0 spiro atoms. The second kappa shape index (κ2) is 5.76. The second-order valence-corrected chi connectivity index (χ2v) is 5.85. The predicted molar refractivity (Wildman–Crippen MR) is 81.1 cm³/mol. The van der Waals surface area contributed by atoms with Crippen molar-refractivity contribution in [3.05, 3.63) is 29.8 Å². The predicted octanol–water partition coefficient (Wildman–Crippen LogP) is 1.28. The van der Waals surface area contributed by atoms with Crippen LogP contribution in [0.15, 0.2) is 24.3 Å². The second-order valence-electron chi connectivity index (χ2n) is 5.85. The standard InChI is InChI=1S/C16H21N3O2/c1-18-7-4-8-19(11-16(18)21)15(20)9-12-10-17-14-6-3-2-5-13(12)14/h2-3,5-6,12,17H,4,7-11H2,1H3. The number of carbonyl (C=O) groups is 2. The van der Waals surface area contributed by atoms with Crippen LogP contribution in [0.25, 0.3) is 0 Å². The molecule has 5 heteroatoms. The summed E-state index contributed by atoms with van der Waals surface area (Å²) < 4.78 is 0. The summed E-state index contributed by atoms with van der Waals surface area (Å²) in [5.74, 6) is 0.331. The molecule has 0 aliphatic carbocycles. The highest BCUT2D eigenvalue weighted by Crippen LogP contribution is 2.33. The van der Waals surface area contributed by atoms with Crippen LogP contribution >= 0.6 is 0 Å². The van der Waals surface area contributed by atoms with Crippen molar-refractivity contribution in [2.75, 3.05) is 38.5 Å². The van der Waals surface area contributed by atoms with Crippen LogP contribution in [0.5, 0.6) is 0 Å². The fraction of sp³-hybridized carbons (Fsp3) is 0.500. The van der Waals surface area contributed by atoms with E-state index in [9.17, 15) is 9.59 Å². The van der Waals surface area contributed by atoms with E-state index in [1.165, 1.54) is 5.56 Å². The smallest absolute Gasteiger partial charge is 0.241 e. The van der Waals surface area contributed by atoms with E-state index >= 15 is 0 Å². The van der Waals surface area contributed by atoms with Crippen molar-refractivity contribution in [2.45, 2.75) is 18.8 Å². The summed E-state index contributed by atoms with van der Waals surface area (Å²) in [6, 6.07) is 8.13. The van der Waals surface area contributed by atoms with Crippen molar-refractivity contribution >= 4 is 17.5 Å². The van der Waals surface area contributed by atoms with Crippen LogP contribution in [-0.2, 0) is 9.59 Å². The Balaban J connectivity index is 1.66. The number of fused-ring (bicyclic) bond motifs is 1. The van der Waals surface area contributed by atoms with Crippen molar-refractivity contribution in [3.8, 4) is 0 Å². The van der Waals surface area contributed by atoms with E-state index in [1.807, 2.05) is 18.2 Å². The monoisotopic (exact) mass is 287 g/mol. The van der Waals surface area contributed by atoms with Gasteiger partial charge in [-0.25, -0.2) is 0 Å². The number of likely N-dealkylation sites (N-methyl/N-ethyl adjacent to an activating group) is 1. The van der Waals surface area contributed by atoms with Crippen LogP contribution < -0.4 is 5.32 Å². The van der Waals surface area contributed by atoms with Gasteiger partial charge in [0.15, 0.2) is 0 Å². The summed E-state index contributed by atoms with van der Waals surface area (Å²) in [6.07, 6.45) is 1.33. The van der Waals surface area contributed by atoms with E-state index < -0.39 is 0 Å². The summed E-state index contributed by atoms with van der Waals surface area (Å²) >= 11 is 0. The van der Waals surface area contributed by atoms with E-state index in [0.29, 0.717) is 13.0 Å². The molecule has 1 atom stereocenters. The highest BCUT2D eigenvalue weighted by Gasteiger charge is 2.28. The van der Waals surface area contributed by atoms with Gasteiger partial charge in [0, 0.05) is 44.7 Å². The molecule has 1 N–H and O–H groups in total. The molecule has 0 bridgehead atoms. The lowest BCUT2D eigenvalue weighted by atomic mass is 9.97. The van der Waals surface area contributed by atoms with Crippen molar-refractivity contribution in [2.24, 2.45) is 0 Å². The molecule has 2 amide bonds. The topological polar surface area (TPSA) is 52.6 Å². The Morgan fingerprint density at radius 1 is 1.33 bits per heavy atom. The molecule has 21 heavy (non-hydrogen) atoms. The maximum Gasteiger partial charge on any atom is 0.241 e. The first-order valence-electron chi connectivity index (χ1n) is 7.49. The lowest BCUT2D eigenvalue weighted by molar-refractivity contribution is -0.138.